The van der Waals surface area contributed by atoms with Crippen LogP contribution in [0.2, 0.25) is 0 Å². The number of para-hydroxylation sites is 1. The third-order valence-corrected chi connectivity index (χ3v) is 3.90. The molecule has 0 atom stereocenters. The monoisotopic (exact) mass is 296 g/mol. The van der Waals surface area contributed by atoms with Crippen molar-refractivity contribution in [1.82, 2.24) is 0 Å². The normalized spacial score (nSPS) is 13.3. The number of ether oxygens (including phenoxy) is 1. The van der Waals surface area contributed by atoms with Gasteiger partial charge in [-0.05, 0) is 44.0 Å². The van der Waals surface area contributed by atoms with Crippen molar-refractivity contribution >= 4 is 11.4 Å². The molecule has 116 valence electrons. The predicted molar refractivity (Wildman–Crippen MR) is 93.1 cm³/mol. The van der Waals surface area contributed by atoms with E-state index in [1.54, 1.807) is 0 Å². The molecule has 0 unspecified atom stereocenters. The topological polar surface area (TPSA) is 24.5 Å². The Labute approximate surface area is 132 Å². The van der Waals surface area contributed by atoms with Gasteiger partial charge in [0.05, 0.1) is 6.10 Å². The molecule has 3 heteroatoms. The van der Waals surface area contributed by atoms with E-state index in [2.05, 4.69) is 46.6 Å². The van der Waals surface area contributed by atoms with Crippen LogP contribution in [0.3, 0.4) is 0 Å². The number of nitrogens with one attached hydrogen (secondary N) is 1. The van der Waals surface area contributed by atoms with Crippen LogP contribution >= 0.6 is 0 Å². The van der Waals surface area contributed by atoms with Gasteiger partial charge in [0, 0.05) is 37.1 Å². The summed E-state index contributed by atoms with van der Waals surface area (Å²) in [5.41, 5.74) is 3.97. The first-order chi connectivity index (χ1) is 10.7. The molecule has 1 N–H and O–H groups in total. The second kappa shape index (κ2) is 6.73. The van der Waals surface area contributed by atoms with Crippen molar-refractivity contribution in [3.8, 4) is 5.75 Å². The quantitative estimate of drug-likeness (QED) is 0.873. The summed E-state index contributed by atoms with van der Waals surface area (Å²) in [6.07, 6.45) is 1.37. The number of nitrogens with zero attached hydrogens (tertiary/aromatic N) is 1. The second-order valence-electron chi connectivity index (χ2n) is 5.99. The van der Waals surface area contributed by atoms with Crippen LogP contribution < -0.4 is 15.0 Å². The average Bonchev–Trinajstić information content (AvgIpc) is 2.91. The largest absolute Gasteiger partial charge is 0.491 e. The molecule has 0 amide bonds. The third kappa shape index (κ3) is 3.53. The van der Waals surface area contributed by atoms with Crippen LogP contribution in [-0.4, -0.2) is 25.7 Å². The lowest BCUT2D eigenvalue weighted by Crippen LogP contribution is -2.27. The van der Waals surface area contributed by atoms with Gasteiger partial charge in [-0.1, -0.05) is 24.3 Å². The van der Waals surface area contributed by atoms with Gasteiger partial charge in [0.15, 0.2) is 0 Å². The molecule has 0 fully saturated rings. The van der Waals surface area contributed by atoms with Gasteiger partial charge >= 0.3 is 0 Å². The van der Waals surface area contributed by atoms with Gasteiger partial charge in [-0.2, -0.15) is 0 Å². The van der Waals surface area contributed by atoms with Crippen molar-refractivity contribution in [2.75, 3.05) is 29.9 Å². The second-order valence-corrected chi connectivity index (χ2v) is 5.99. The van der Waals surface area contributed by atoms with E-state index in [0.29, 0.717) is 0 Å². The van der Waals surface area contributed by atoms with Gasteiger partial charge in [-0.15, -0.1) is 0 Å². The number of hydrogen-bond donors (Lipinski definition) is 1. The lowest BCUT2D eigenvalue weighted by Gasteiger charge is -2.20. The van der Waals surface area contributed by atoms with E-state index in [0.717, 1.165) is 37.5 Å². The van der Waals surface area contributed by atoms with Crippen LogP contribution in [0.15, 0.2) is 48.5 Å². The summed E-state index contributed by atoms with van der Waals surface area (Å²) < 4.78 is 5.73. The first-order valence-corrected chi connectivity index (χ1v) is 8.06. The lowest BCUT2D eigenvalue weighted by molar-refractivity contribution is 0.242. The summed E-state index contributed by atoms with van der Waals surface area (Å²) in [4.78, 5) is 2.46. The Bertz CT molecular complexity index is 624. The predicted octanol–water partition coefficient (Wildman–Crippen LogP) is 3.95. The van der Waals surface area contributed by atoms with Gasteiger partial charge in [0.25, 0.3) is 0 Å². The minimum absolute atomic E-state index is 0.205. The number of benzene rings is 2. The average molecular weight is 296 g/mol. The molecule has 22 heavy (non-hydrogen) atoms. The molecule has 0 aromatic heterocycles. The first kappa shape index (κ1) is 14.8. The van der Waals surface area contributed by atoms with E-state index < -0.39 is 0 Å². The number of fused-ring (bicyclic) bond motifs is 1. The molecule has 2 aromatic carbocycles. The molecular formula is C19H24N2O. The maximum absolute atomic E-state index is 5.73. The molecule has 0 saturated heterocycles. The summed E-state index contributed by atoms with van der Waals surface area (Å²) in [5, 5.41) is 3.49. The van der Waals surface area contributed by atoms with Crippen LogP contribution in [-0.2, 0) is 6.42 Å². The van der Waals surface area contributed by atoms with E-state index in [4.69, 9.17) is 4.74 Å². The first-order valence-electron chi connectivity index (χ1n) is 8.06. The van der Waals surface area contributed by atoms with Crippen molar-refractivity contribution in [3.63, 3.8) is 0 Å². The molecule has 3 nitrogen and oxygen atoms in total. The smallest absolute Gasteiger partial charge is 0.121 e. The summed E-state index contributed by atoms with van der Waals surface area (Å²) in [7, 11) is 0. The van der Waals surface area contributed by atoms with Gasteiger partial charge < -0.3 is 15.0 Å². The molecule has 0 aliphatic carbocycles. The zero-order valence-corrected chi connectivity index (χ0v) is 13.4. The van der Waals surface area contributed by atoms with Gasteiger partial charge in [0.1, 0.15) is 5.75 Å². The highest BCUT2D eigenvalue weighted by Crippen LogP contribution is 2.27. The van der Waals surface area contributed by atoms with E-state index in [1.807, 2.05) is 26.0 Å². The highest BCUT2D eigenvalue weighted by Gasteiger charge is 2.17. The van der Waals surface area contributed by atoms with E-state index in [9.17, 15) is 0 Å². The highest BCUT2D eigenvalue weighted by atomic mass is 16.5. The Morgan fingerprint density at radius 1 is 1.14 bits per heavy atom. The molecule has 3 rings (SSSR count). The Morgan fingerprint density at radius 3 is 2.86 bits per heavy atom. The summed E-state index contributed by atoms with van der Waals surface area (Å²) in [6.45, 7) is 7.17. The number of anilines is 2. The van der Waals surface area contributed by atoms with Crippen LogP contribution in [0.1, 0.15) is 19.4 Å². The van der Waals surface area contributed by atoms with Gasteiger partial charge in [-0.3, -0.25) is 0 Å². The van der Waals surface area contributed by atoms with E-state index >= 15 is 0 Å². The van der Waals surface area contributed by atoms with Crippen molar-refractivity contribution in [2.45, 2.75) is 26.4 Å². The maximum atomic E-state index is 5.73. The Balaban J connectivity index is 1.54. The Kier molecular flexibility index (Phi) is 4.52. The Morgan fingerprint density at radius 2 is 2.00 bits per heavy atom. The van der Waals surface area contributed by atoms with Crippen molar-refractivity contribution < 1.29 is 4.74 Å². The van der Waals surface area contributed by atoms with Crippen LogP contribution in [0.25, 0.3) is 0 Å². The summed E-state index contributed by atoms with van der Waals surface area (Å²) >= 11 is 0. The molecular weight excluding hydrogens is 272 g/mol. The molecule has 1 aliphatic heterocycles. The summed E-state index contributed by atoms with van der Waals surface area (Å²) in [5.74, 6) is 0.923. The SMILES string of the molecule is CC(C)Oc1cccc(NCCN2CCc3ccccc32)c1. The van der Waals surface area contributed by atoms with Gasteiger partial charge in [-0.25, -0.2) is 0 Å². The molecule has 0 saturated carbocycles. The van der Waals surface area contributed by atoms with Crippen LogP contribution in [0.5, 0.6) is 5.75 Å². The van der Waals surface area contributed by atoms with E-state index in [-0.39, 0.29) is 6.10 Å². The zero-order valence-electron chi connectivity index (χ0n) is 13.4. The lowest BCUT2D eigenvalue weighted by atomic mass is 10.2. The number of rotatable bonds is 6. The van der Waals surface area contributed by atoms with Gasteiger partial charge in [0.2, 0.25) is 0 Å². The zero-order chi connectivity index (χ0) is 15.4. The molecule has 1 heterocycles. The summed E-state index contributed by atoms with van der Waals surface area (Å²) in [6, 6.07) is 16.9. The fourth-order valence-electron chi connectivity index (χ4n) is 2.93. The van der Waals surface area contributed by atoms with E-state index in [1.165, 1.54) is 11.3 Å². The fourth-order valence-corrected chi connectivity index (χ4v) is 2.93. The highest BCUT2D eigenvalue weighted by molar-refractivity contribution is 5.58. The van der Waals surface area contributed by atoms with Crippen molar-refractivity contribution in [2.24, 2.45) is 0 Å². The molecule has 1 aliphatic rings. The van der Waals surface area contributed by atoms with Crippen LogP contribution in [0.4, 0.5) is 11.4 Å². The van der Waals surface area contributed by atoms with Crippen LogP contribution in [0, 0.1) is 0 Å². The molecule has 0 radical (unpaired) electrons. The molecule has 0 bridgehead atoms. The third-order valence-electron chi connectivity index (χ3n) is 3.90. The van der Waals surface area contributed by atoms with Crippen molar-refractivity contribution in [3.05, 3.63) is 54.1 Å². The van der Waals surface area contributed by atoms with Crippen molar-refractivity contribution in [1.29, 1.82) is 0 Å². The Hall–Kier alpha value is -2.16. The molecule has 2 aromatic rings. The number of hydrogen-bond acceptors (Lipinski definition) is 3. The minimum Gasteiger partial charge on any atom is -0.491 e. The standard InChI is InChI=1S/C19H24N2O/c1-15(2)22-18-8-5-7-17(14-18)20-11-13-21-12-10-16-6-3-4-9-19(16)21/h3-9,14-15,20H,10-13H2,1-2H3. The minimum atomic E-state index is 0.205. The molecule has 0 spiro atoms. The maximum Gasteiger partial charge on any atom is 0.121 e. The fraction of sp³-hybridized carbons (Fsp3) is 0.368.